The number of alkyl carbamates (subject to hydrolysis) is 1. The first-order valence-corrected chi connectivity index (χ1v) is 9.88. The largest absolute Gasteiger partial charge is 0.444 e. The van der Waals surface area contributed by atoms with E-state index < -0.39 is 47.9 Å². The quantitative estimate of drug-likeness (QED) is 0.643. The molecule has 0 saturated heterocycles. The summed E-state index contributed by atoms with van der Waals surface area (Å²) in [5.41, 5.74) is -1.09. The van der Waals surface area contributed by atoms with Gasteiger partial charge in [-0.15, -0.1) is 0 Å². The summed E-state index contributed by atoms with van der Waals surface area (Å²) in [5, 5.41) is 2.64. The van der Waals surface area contributed by atoms with Crippen molar-refractivity contribution < 1.29 is 31.5 Å². The van der Waals surface area contributed by atoms with E-state index in [1.54, 1.807) is 20.8 Å². The van der Waals surface area contributed by atoms with E-state index >= 15 is 0 Å². The number of carbonyl (C=O) groups excluding carboxylic acids is 1. The van der Waals surface area contributed by atoms with Crippen LogP contribution in [0.25, 0.3) is 0 Å². The molecular formula is C21H24F5N3O2. The second kappa shape index (κ2) is 8.47. The smallest absolute Gasteiger partial charge is 0.408 e. The van der Waals surface area contributed by atoms with E-state index in [0.717, 1.165) is 18.3 Å². The minimum Gasteiger partial charge on any atom is -0.444 e. The number of nitrogens with one attached hydrogen (secondary N) is 1. The van der Waals surface area contributed by atoms with Gasteiger partial charge in [0.25, 0.3) is 0 Å². The van der Waals surface area contributed by atoms with Crippen LogP contribution in [0.1, 0.15) is 62.7 Å². The molecule has 1 amide bonds. The van der Waals surface area contributed by atoms with Gasteiger partial charge < -0.3 is 14.6 Å². The van der Waals surface area contributed by atoms with Crippen LogP contribution in [-0.4, -0.2) is 27.4 Å². The third kappa shape index (κ3) is 5.74. The highest BCUT2D eigenvalue weighted by Crippen LogP contribution is 2.36. The molecule has 1 aromatic carbocycles. The first-order valence-electron chi connectivity index (χ1n) is 9.88. The monoisotopic (exact) mass is 445 g/mol. The SMILES string of the molecule is CC(C)(C)OC(=O)N[C@@H]1CC[C@@H](c2c(F)cccc2F)Cn2c(CC(F)(F)F)cnc21. The third-order valence-electron chi connectivity index (χ3n) is 4.97. The average molecular weight is 445 g/mol. The van der Waals surface area contributed by atoms with Crippen molar-refractivity contribution in [1.82, 2.24) is 14.9 Å². The van der Waals surface area contributed by atoms with Gasteiger partial charge in [0.05, 0.1) is 12.5 Å². The van der Waals surface area contributed by atoms with Crippen LogP contribution >= 0.6 is 0 Å². The molecule has 0 bridgehead atoms. The molecule has 10 heteroatoms. The maximum absolute atomic E-state index is 14.4. The zero-order valence-corrected chi connectivity index (χ0v) is 17.4. The number of nitrogens with zero attached hydrogens (tertiary/aromatic N) is 2. The number of aromatic nitrogens is 2. The molecule has 31 heavy (non-hydrogen) atoms. The Morgan fingerprint density at radius 3 is 2.42 bits per heavy atom. The van der Waals surface area contributed by atoms with Gasteiger partial charge in [-0.25, -0.2) is 18.6 Å². The molecule has 170 valence electrons. The van der Waals surface area contributed by atoms with E-state index in [1.807, 2.05) is 0 Å². The minimum atomic E-state index is -4.49. The number of halogens is 5. The lowest BCUT2D eigenvalue weighted by Crippen LogP contribution is -2.35. The van der Waals surface area contributed by atoms with Crippen LogP contribution in [0, 0.1) is 11.6 Å². The van der Waals surface area contributed by atoms with Gasteiger partial charge in [-0.1, -0.05) is 6.07 Å². The van der Waals surface area contributed by atoms with E-state index in [4.69, 9.17) is 4.74 Å². The summed E-state index contributed by atoms with van der Waals surface area (Å²) < 4.78 is 74.6. The number of hydrogen-bond acceptors (Lipinski definition) is 3. The Morgan fingerprint density at radius 1 is 1.19 bits per heavy atom. The zero-order valence-electron chi connectivity index (χ0n) is 17.4. The molecule has 0 unspecified atom stereocenters. The van der Waals surface area contributed by atoms with Gasteiger partial charge >= 0.3 is 12.3 Å². The second-order valence-electron chi connectivity index (χ2n) is 8.62. The van der Waals surface area contributed by atoms with Crippen LogP contribution < -0.4 is 5.32 Å². The number of benzene rings is 1. The van der Waals surface area contributed by atoms with Crippen molar-refractivity contribution in [2.45, 2.75) is 70.3 Å². The van der Waals surface area contributed by atoms with Crippen LogP contribution in [0.4, 0.5) is 26.7 Å². The maximum Gasteiger partial charge on any atom is 0.408 e. The van der Waals surface area contributed by atoms with Gasteiger partial charge in [0.1, 0.15) is 23.1 Å². The molecule has 2 aromatic rings. The fourth-order valence-corrected chi connectivity index (χ4v) is 3.79. The molecule has 1 aromatic heterocycles. The molecule has 0 aliphatic carbocycles. The third-order valence-corrected chi connectivity index (χ3v) is 4.97. The summed E-state index contributed by atoms with van der Waals surface area (Å²) >= 11 is 0. The van der Waals surface area contributed by atoms with Gasteiger partial charge in [0.15, 0.2) is 0 Å². The molecular weight excluding hydrogens is 421 g/mol. The number of alkyl halides is 3. The van der Waals surface area contributed by atoms with Crippen molar-refractivity contribution in [3.05, 3.63) is 53.1 Å². The van der Waals surface area contributed by atoms with E-state index in [9.17, 15) is 26.7 Å². The predicted molar refractivity (Wildman–Crippen MR) is 102 cm³/mol. The number of ether oxygens (including phenoxy) is 1. The lowest BCUT2D eigenvalue weighted by Gasteiger charge is -2.23. The minimum absolute atomic E-state index is 0.0922. The Kier molecular flexibility index (Phi) is 6.29. The van der Waals surface area contributed by atoms with E-state index in [-0.39, 0.29) is 36.5 Å². The number of imidazole rings is 1. The Hall–Kier alpha value is -2.65. The summed E-state index contributed by atoms with van der Waals surface area (Å²) in [5.74, 6) is -2.05. The zero-order chi connectivity index (χ0) is 23.0. The van der Waals surface area contributed by atoms with Crippen molar-refractivity contribution in [1.29, 1.82) is 0 Å². The Morgan fingerprint density at radius 2 is 1.84 bits per heavy atom. The van der Waals surface area contributed by atoms with Gasteiger partial charge in [-0.3, -0.25) is 0 Å². The molecule has 1 aliphatic rings. The normalized spacial score (nSPS) is 19.5. The number of fused-ring (bicyclic) bond motifs is 1. The van der Waals surface area contributed by atoms with Gasteiger partial charge in [0, 0.05) is 29.9 Å². The number of rotatable bonds is 3. The highest BCUT2D eigenvalue weighted by atomic mass is 19.4. The molecule has 0 fully saturated rings. The van der Waals surface area contributed by atoms with Crippen molar-refractivity contribution in [3.8, 4) is 0 Å². The molecule has 0 radical (unpaired) electrons. The fraction of sp³-hybridized carbons (Fsp3) is 0.524. The van der Waals surface area contributed by atoms with Gasteiger partial charge in [-0.2, -0.15) is 13.2 Å². The number of hydrogen-bond donors (Lipinski definition) is 1. The summed E-state index contributed by atoms with van der Waals surface area (Å²) in [7, 11) is 0. The number of carbonyl (C=O) groups is 1. The standard InChI is InChI=1S/C21H24F5N3O2/c1-20(2,3)31-19(30)28-16-8-7-12(17-14(22)5-4-6-15(17)23)11-29-13(9-21(24,25)26)10-27-18(16)29/h4-6,10,12,16H,7-9,11H2,1-3H3,(H,28,30)/t12-,16-/m1/s1. The Balaban J connectivity index is 1.97. The lowest BCUT2D eigenvalue weighted by atomic mass is 9.92. The van der Waals surface area contributed by atoms with E-state index in [0.29, 0.717) is 0 Å². The summed E-state index contributed by atoms with van der Waals surface area (Å²) in [6.45, 7) is 4.95. The van der Waals surface area contributed by atoms with Crippen LogP contribution in [0.3, 0.4) is 0 Å². The lowest BCUT2D eigenvalue weighted by molar-refractivity contribution is -0.128. The first kappa shape index (κ1) is 23.0. The summed E-state index contributed by atoms with van der Waals surface area (Å²) in [6, 6.07) is 2.70. The predicted octanol–water partition coefficient (Wildman–Crippen LogP) is 5.41. The summed E-state index contributed by atoms with van der Waals surface area (Å²) in [4.78, 5) is 16.4. The van der Waals surface area contributed by atoms with E-state index in [2.05, 4.69) is 10.3 Å². The molecule has 1 N–H and O–H groups in total. The topological polar surface area (TPSA) is 56.1 Å². The van der Waals surface area contributed by atoms with Crippen LogP contribution in [-0.2, 0) is 17.7 Å². The highest BCUT2D eigenvalue weighted by molar-refractivity contribution is 5.68. The highest BCUT2D eigenvalue weighted by Gasteiger charge is 2.35. The molecule has 2 heterocycles. The van der Waals surface area contributed by atoms with Crippen LogP contribution in [0.5, 0.6) is 0 Å². The molecule has 2 atom stereocenters. The second-order valence-corrected chi connectivity index (χ2v) is 8.62. The average Bonchev–Trinajstić information content (AvgIpc) is 2.87. The van der Waals surface area contributed by atoms with Crippen LogP contribution in [0.2, 0.25) is 0 Å². The Bertz CT molecular complexity index is 929. The Labute approximate surface area is 176 Å². The molecule has 5 nitrogen and oxygen atoms in total. The van der Waals surface area contributed by atoms with Crippen molar-refractivity contribution >= 4 is 6.09 Å². The molecule has 1 aliphatic heterocycles. The fourth-order valence-electron chi connectivity index (χ4n) is 3.79. The molecule has 0 saturated carbocycles. The number of amides is 1. The van der Waals surface area contributed by atoms with Crippen molar-refractivity contribution in [2.24, 2.45) is 0 Å². The van der Waals surface area contributed by atoms with Gasteiger partial charge in [-0.05, 0) is 45.7 Å². The van der Waals surface area contributed by atoms with Crippen molar-refractivity contribution in [2.75, 3.05) is 0 Å². The van der Waals surface area contributed by atoms with Crippen LogP contribution in [0.15, 0.2) is 24.4 Å². The first-order chi connectivity index (χ1) is 14.3. The van der Waals surface area contributed by atoms with Gasteiger partial charge in [0.2, 0.25) is 0 Å². The molecule has 3 rings (SSSR count). The maximum atomic E-state index is 14.4. The summed E-state index contributed by atoms with van der Waals surface area (Å²) in [6.07, 6.45) is -4.94. The molecule has 0 spiro atoms. The van der Waals surface area contributed by atoms with E-state index in [1.165, 1.54) is 10.6 Å². The van der Waals surface area contributed by atoms with Crippen molar-refractivity contribution in [3.63, 3.8) is 0 Å².